The number of carbonyl (C=O) groups is 1. The van der Waals surface area contributed by atoms with Crippen LogP contribution < -0.4 is 14.4 Å². The number of carbonyl (C=O) groups excluding carboxylic acids is 1. The van der Waals surface area contributed by atoms with Crippen LogP contribution in [0.4, 0.5) is 10.1 Å². The number of sulfonamides is 1. The summed E-state index contributed by atoms with van der Waals surface area (Å²) in [4.78, 5) is 13.0. The molecule has 8 heteroatoms. The van der Waals surface area contributed by atoms with Gasteiger partial charge in [-0.1, -0.05) is 35.9 Å². The summed E-state index contributed by atoms with van der Waals surface area (Å²) in [5.41, 5.74) is 3.12. The van der Waals surface area contributed by atoms with Crippen molar-refractivity contribution >= 4 is 21.6 Å². The molecule has 33 heavy (non-hydrogen) atoms. The van der Waals surface area contributed by atoms with E-state index >= 15 is 0 Å². The van der Waals surface area contributed by atoms with Gasteiger partial charge in [0.1, 0.15) is 11.6 Å². The summed E-state index contributed by atoms with van der Waals surface area (Å²) < 4.78 is 47.1. The molecule has 0 saturated carbocycles. The third-order valence-corrected chi connectivity index (χ3v) is 7.31. The maximum Gasteiger partial charge on any atom is 0.264 e. The molecule has 0 spiro atoms. The number of nitrogens with one attached hydrogen (secondary N) is 1. The lowest BCUT2D eigenvalue weighted by Crippen LogP contribution is -2.51. The Hall–Kier alpha value is -3.39. The Morgan fingerprint density at radius 2 is 1.70 bits per heavy atom. The number of benzene rings is 3. The third-order valence-electron chi connectivity index (χ3n) is 5.51. The predicted molar refractivity (Wildman–Crippen MR) is 124 cm³/mol. The van der Waals surface area contributed by atoms with Crippen molar-refractivity contribution in [2.45, 2.75) is 31.3 Å². The maximum absolute atomic E-state index is 13.4. The molecule has 0 fully saturated rings. The van der Waals surface area contributed by atoms with Crippen LogP contribution in [0.3, 0.4) is 0 Å². The van der Waals surface area contributed by atoms with Crippen LogP contribution in [-0.2, 0) is 21.2 Å². The number of fused-ring (bicyclic) bond motifs is 1. The number of halogens is 1. The summed E-state index contributed by atoms with van der Waals surface area (Å²) in [5, 5.41) is 2.80. The van der Waals surface area contributed by atoms with Gasteiger partial charge in [-0.25, -0.2) is 12.8 Å². The van der Waals surface area contributed by atoms with E-state index in [0.29, 0.717) is 24.4 Å². The van der Waals surface area contributed by atoms with Crippen LogP contribution in [0.2, 0.25) is 0 Å². The number of hydrogen-bond donors (Lipinski definition) is 1. The lowest BCUT2D eigenvalue weighted by atomic mass is 10.1. The van der Waals surface area contributed by atoms with Crippen LogP contribution in [0, 0.1) is 19.7 Å². The zero-order chi connectivity index (χ0) is 23.6. The molecule has 0 saturated heterocycles. The van der Waals surface area contributed by atoms with Gasteiger partial charge in [0.2, 0.25) is 0 Å². The van der Waals surface area contributed by atoms with Crippen molar-refractivity contribution in [3.63, 3.8) is 0 Å². The molecule has 1 aliphatic heterocycles. The summed E-state index contributed by atoms with van der Waals surface area (Å²) in [5.74, 6) is -0.383. The van der Waals surface area contributed by atoms with Crippen molar-refractivity contribution in [3.8, 4) is 5.75 Å². The summed E-state index contributed by atoms with van der Waals surface area (Å²) in [6, 6.07) is 17.9. The first kappa shape index (κ1) is 22.8. The van der Waals surface area contributed by atoms with Gasteiger partial charge in [0.25, 0.3) is 15.9 Å². The smallest absolute Gasteiger partial charge is 0.264 e. The molecule has 1 heterocycles. The highest BCUT2D eigenvalue weighted by Crippen LogP contribution is 2.37. The number of amides is 1. The van der Waals surface area contributed by atoms with E-state index in [0.717, 1.165) is 16.7 Å². The van der Waals surface area contributed by atoms with Crippen molar-refractivity contribution in [2.75, 3.05) is 17.4 Å². The summed E-state index contributed by atoms with van der Waals surface area (Å²) >= 11 is 0. The molecule has 4 rings (SSSR count). The van der Waals surface area contributed by atoms with Crippen LogP contribution in [-0.4, -0.2) is 33.5 Å². The molecule has 1 aliphatic rings. The van der Waals surface area contributed by atoms with E-state index in [1.165, 1.54) is 16.4 Å². The molecule has 0 unspecified atom stereocenters. The number of ether oxygens (including phenoxy) is 1. The van der Waals surface area contributed by atoms with Gasteiger partial charge >= 0.3 is 0 Å². The second kappa shape index (κ2) is 9.23. The van der Waals surface area contributed by atoms with Gasteiger partial charge in [0, 0.05) is 6.54 Å². The molecule has 1 amide bonds. The first-order valence-electron chi connectivity index (χ1n) is 10.6. The molecular weight excluding hydrogens is 443 g/mol. The van der Waals surface area contributed by atoms with E-state index in [2.05, 4.69) is 5.32 Å². The molecule has 0 radical (unpaired) electrons. The van der Waals surface area contributed by atoms with Gasteiger partial charge in [0.15, 0.2) is 6.10 Å². The second-order valence-electron chi connectivity index (χ2n) is 8.09. The van der Waals surface area contributed by atoms with Gasteiger partial charge in [-0.2, -0.15) is 0 Å². The number of rotatable bonds is 6. The van der Waals surface area contributed by atoms with E-state index in [-0.39, 0.29) is 17.3 Å². The van der Waals surface area contributed by atoms with Crippen LogP contribution in [0.25, 0.3) is 0 Å². The highest BCUT2D eigenvalue weighted by Gasteiger charge is 2.37. The van der Waals surface area contributed by atoms with Crippen LogP contribution >= 0.6 is 0 Å². The van der Waals surface area contributed by atoms with Crippen molar-refractivity contribution in [3.05, 3.63) is 89.2 Å². The Kier molecular flexibility index (Phi) is 6.37. The first-order valence-corrected chi connectivity index (χ1v) is 12.1. The molecule has 3 aromatic rings. The fourth-order valence-corrected chi connectivity index (χ4v) is 5.13. The average Bonchev–Trinajstić information content (AvgIpc) is 2.79. The van der Waals surface area contributed by atoms with Crippen molar-refractivity contribution in [1.29, 1.82) is 0 Å². The van der Waals surface area contributed by atoms with Gasteiger partial charge in [-0.15, -0.1) is 0 Å². The number of nitrogens with zero attached hydrogens (tertiary/aromatic N) is 1. The number of anilines is 1. The normalized spacial score (nSPS) is 15.5. The van der Waals surface area contributed by atoms with E-state index in [1.54, 1.807) is 48.5 Å². The zero-order valence-corrected chi connectivity index (χ0v) is 19.2. The Morgan fingerprint density at radius 1 is 1.03 bits per heavy atom. The quantitative estimate of drug-likeness (QED) is 0.598. The van der Waals surface area contributed by atoms with Crippen LogP contribution in [0.1, 0.15) is 16.7 Å². The Bertz CT molecular complexity index is 1260. The molecular formula is C25H25FN2O4S. The topological polar surface area (TPSA) is 75.7 Å². The minimum absolute atomic E-state index is 0.144. The van der Waals surface area contributed by atoms with E-state index in [9.17, 15) is 17.6 Å². The Morgan fingerprint density at radius 3 is 2.39 bits per heavy atom. The highest BCUT2D eigenvalue weighted by molar-refractivity contribution is 7.92. The third kappa shape index (κ3) is 5.01. The van der Waals surface area contributed by atoms with E-state index < -0.39 is 22.0 Å². The SMILES string of the molecule is Cc1ccc(S(=O)(=O)N2C[C@@H](C(=O)NCCc3ccc(F)cc3)Oc3cc(C)ccc32)cc1. The Balaban J connectivity index is 1.55. The maximum atomic E-state index is 13.4. The first-order chi connectivity index (χ1) is 15.7. The van der Waals surface area contributed by atoms with E-state index in [1.807, 2.05) is 19.9 Å². The zero-order valence-electron chi connectivity index (χ0n) is 18.4. The molecule has 6 nitrogen and oxygen atoms in total. The standard InChI is InChI=1S/C25H25FN2O4S/c1-17-3-10-21(11-4-17)33(30,31)28-16-24(32-23-15-18(2)5-12-22(23)28)25(29)27-14-13-19-6-8-20(26)9-7-19/h3-12,15,24H,13-14,16H2,1-2H3,(H,27,29)/t24-/m0/s1. The molecule has 0 aliphatic carbocycles. The summed E-state index contributed by atoms with van der Waals surface area (Å²) in [6.45, 7) is 3.93. The average molecular weight is 469 g/mol. The van der Waals surface area contributed by atoms with E-state index in [4.69, 9.17) is 4.74 Å². The molecule has 0 bridgehead atoms. The summed E-state index contributed by atoms with van der Waals surface area (Å²) in [6.07, 6.45) is -0.493. The molecule has 172 valence electrons. The lowest BCUT2D eigenvalue weighted by Gasteiger charge is -2.35. The van der Waals surface area contributed by atoms with Gasteiger partial charge < -0.3 is 10.1 Å². The largest absolute Gasteiger partial charge is 0.476 e. The van der Waals surface area contributed by atoms with Crippen LogP contribution in [0.15, 0.2) is 71.6 Å². The number of aryl methyl sites for hydroxylation is 2. The van der Waals surface area contributed by atoms with Gasteiger partial charge in [0.05, 0.1) is 17.1 Å². The fourth-order valence-electron chi connectivity index (χ4n) is 3.66. The van der Waals surface area contributed by atoms with Crippen molar-refractivity contribution in [1.82, 2.24) is 5.32 Å². The predicted octanol–water partition coefficient (Wildman–Crippen LogP) is 3.76. The highest BCUT2D eigenvalue weighted by atomic mass is 32.2. The molecule has 1 atom stereocenters. The van der Waals surface area contributed by atoms with Crippen LogP contribution in [0.5, 0.6) is 5.75 Å². The minimum Gasteiger partial charge on any atom is -0.476 e. The number of hydrogen-bond acceptors (Lipinski definition) is 4. The molecule has 3 aromatic carbocycles. The Labute approximate surface area is 193 Å². The van der Waals surface area contributed by atoms with Gasteiger partial charge in [-0.05, 0) is 67.8 Å². The summed E-state index contributed by atoms with van der Waals surface area (Å²) in [7, 11) is -3.90. The molecule has 1 N–H and O–H groups in total. The monoisotopic (exact) mass is 468 g/mol. The lowest BCUT2D eigenvalue weighted by molar-refractivity contribution is -0.127. The second-order valence-corrected chi connectivity index (χ2v) is 9.96. The molecule has 0 aromatic heterocycles. The van der Waals surface area contributed by atoms with Gasteiger partial charge in [-0.3, -0.25) is 9.10 Å². The fraction of sp³-hybridized carbons (Fsp3) is 0.240. The minimum atomic E-state index is -3.90. The van der Waals surface area contributed by atoms with Crippen molar-refractivity contribution < 1.29 is 22.3 Å². The van der Waals surface area contributed by atoms with Crippen molar-refractivity contribution in [2.24, 2.45) is 0 Å².